The lowest BCUT2D eigenvalue weighted by Crippen LogP contribution is -2.43. The molecular weight excluding hydrogens is 292 g/mol. The van der Waals surface area contributed by atoms with Crippen molar-refractivity contribution in [3.63, 3.8) is 0 Å². The average Bonchev–Trinajstić information content (AvgIpc) is 2.39. The number of nitrogens with two attached hydrogens (primary N) is 1. The van der Waals surface area contributed by atoms with Crippen LogP contribution in [0.15, 0.2) is 0 Å². The second-order valence-corrected chi connectivity index (χ2v) is 5.37. The molecule has 0 aliphatic carbocycles. The van der Waals surface area contributed by atoms with Gasteiger partial charge in [-0.25, -0.2) is 9.59 Å². The molecule has 0 aliphatic rings. The molecule has 5 nitrogen and oxygen atoms in total. The highest BCUT2D eigenvalue weighted by Crippen LogP contribution is 2.12. The van der Waals surface area contributed by atoms with E-state index >= 15 is 0 Å². The number of carboxylic acid groups (broad SMARTS) is 1. The van der Waals surface area contributed by atoms with Crippen molar-refractivity contribution in [1.29, 1.82) is 0 Å². The summed E-state index contributed by atoms with van der Waals surface area (Å²) in [4.78, 5) is 21.5. The fraction of sp³-hybridized carbons (Fsp3) is 0.867. The lowest BCUT2D eigenvalue weighted by atomic mass is 10.0. The summed E-state index contributed by atoms with van der Waals surface area (Å²) in [5, 5.41) is 11.1. The zero-order valence-electron chi connectivity index (χ0n) is 13.1. The van der Waals surface area contributed by atoms with Gasteiger partial charge in [0.25, 0.3) is 0 Å². The Morgan fingerprint density at radius 3 is 1.76 bits per heavy atom. The molecule has 126 valence electrons. The van der Waals surface area contributed by atoms with Crippen molar-refractivity contribution in [1.82, 2.24) is 5.32 Å². The van der Waals surface area contributed by atoms with Crippen LogP contribution in [0.4, 0.5) is 4.79 Å². The van der Waals surface area contributed by atoms with Gasteiger partial charge in [0.05, 0.1) is 0 Å². The molecule has 4 N–H and O–H groups in total. The number of unbranched alkanes of at least 4 members (excludes halogenated alkanes) is 9. The predicted molar refractivity (Wildman–Crippen MR) is 87.9 cm³/mol. The van der Waals surface area contributed by atoms with Crippen molar-refractivity contribution in [3.05, 3.63) is 0 Å². The van der Waals surface area contributed by atoms with E-state index < -0.39 is 18.0 Å². The molecule has 1 unspecified atom stereocenters. The summed E-state index contributed by atoms with van der Waals surface area (Å²) < 4.78 is 0. The maximum atomic E-state index is 10.9. The molecule has 0 spiro atoms. The number of carbonyl (C=O) groups is 2. The molecule has 21 heavy (non-hydrogen) atoms. The summed E-state index contributed by atoms with van der Waals surface area (Å²) in [6, 6.07) is -1.62. The summed E-state index contributed by atoms with van der Waals surface area (Å²) in [6.45, 7) is 2.22. The number of carbonyl (C=O) groups excluding carboxylic acids is 1. The van der Waals surface area contributed by atoms with Crippen molar-refractivity contribution >= 4 is 24.4 Å². The van der Waals surface area contributed by atoms with Crippen LogP contribution >= 0.6 is 12.4 Å². The summed E-state index contributed by atoms with van der Waals surface area (Å²) >= 11 is 0. The van der Waals surface area contributed by atoms with E-state index in [9.17, 15) is 9.59 Å². The lowest BCUT2D eigenvalue weighted by Gasteiger charge is -2.12. The first kappa shape index (κ1) is 22.3. The van der Waals surface area contributed by atoms with Crippen molar-refractivity contribution in [2.75, 3.05) is 0 Å². The molecule has 0 saturated heterocycles. The Hall–Kier alpha value is -0.970. The molecule has 2 amide bonds. The highest BCUT2D eigenvalue weighted by atomic mass is 35.5. The number of urea groups is 1. The number of amides is 2. The molecule has 6 heteroatoms. The second kappa shape index (κ2) is 15.4. The first-order valence-corrected chi connectivity index (χ1v) is 7.86. The van der Waals surface area contributed by atoms with Crippen LogP contribution in [0.25, 0.3) is 0 Å². The Morgan fingerprint density at radius 1 is 0.952 bits per heavy atom. The Kier molecular flexibility index (Phi) is 16.4. The fourth-order valence-corrected chi connectivity index (χ4v) is 2.27. The number of hydrogen-bond acceptors (Lipinski definition) is 2. The molecule has 0 aromatic heterocycles. The van der Waals surface area contributed by atoms with Gasteiger partial charge in [0.2, 0.25) is 0 Å². The highest BCUT2D eigenvalue weighted by molar-refractivity contribution is 5.85. The van der Waals surface area contributed by atoms with Gasteiger partial charge in [-0.2, -0.15) is 0 Å². The largest absolute Gasteiger partial charge is 0.480 e. The third-order valence-electron chi connectivity index (χ3n) is 3.46. The molecule has 0 bridgehead atoms. The Bertz CT molecular complexity index is 276. The molecule has 0 aromatic carbocycles. The van der Waals surface area contributed by atoms with Gasteiger partial charge in [0.1, 0.15) is 6.04 Å². The standard InChI is InChI=1S/C15H30N2O3.ClH/c1-2-3-4-5-6-7-8-9-10-11-12-13(14(18)19)17-15(16)20;/h13H,2-12H2,1H3,(H,18,19)(H3,16,17,20);1H. The lowest BCUT2D eigenvalue weighted by molar-refractivity contribution is -0.139. The van der Waals surface area contributed by atoms with Crippen molar-refractivity contribution in [3.8, 4) is 0 Å². The van der Waals surface area contributed by atoms with E-state index in [2.05, 4.69) is 12.2 Å². The molecule has 0 rings (SSSR count). The normalized spacial score (nSPS) is 11.5. The van der Waals surface area contributed by atoms with Crippen LogP contribution in [0.5, 0.6) is 0 Å². The van der Waals surface area contributed by atoms with E-state index in [0.29, 0.717) is 6.42 Å². The maximum Gasteiger partial charge on any atom is 0.326 e. The number of carboxylic acids is 1. The smallest absolute Gasteiger partial charge is 0.326 e. The van der Waals surface area contributed by atoms with Gasteiger partial charge < -0.3 is 16.2 Å². The molecule has 0 radical (unpaired) electrons. The third kappa shape index (κ3) is 15.2. The number of primary amides is 1. The Labute approximate surface area is 134 Å². The predicted octanol–water partition coefficient (Wildman–Crippen LogP) is 3.84. The fourth-order valence-electron chi connectivity index (χ4n) is 2.27. The second-order valence-electron chi connectivity index (χ2n) is 5.37. The number of halogens is 1. The number of rotatable bonds is 13. The van der Waals surface area contributed by atoms with Crippen LogP contribution in [0, 0.1) is 0 Å². The van der Waals surface area contributed by atoms with E-state index in [0.717, 1.165) is 19.3 Å². The minimum Gasteiger partial charge on any atom is -0.480 e. The summed E-state index contributed by atoms with van der Waals surface area (Å²) in [6.07, 6.45) is 12.5. The van der Waals surface area contributed by atoms with Crippen LogP contribution < -0.4 is 11.1 Å². The average molecular weight is 323 g/mol. The van der Waals surface area contributed by atoms with Crippen LogP contribution in [0.2, 0.25) is 0 Å². The Morgan fingerprint density at radius 2 is 1.38 bits per heavy atom. The zero-order chi connectivity index (χ0) is 15.2. The van der Waals surface area contributed by atoms with E-state index in [1.165, 1.54) is 44.9 Å². The summed E-state index contributed by atoms with van der Waals surface area (Å²) in [5.74, 6) is -1.01. The molecule has 1 atom stereocenters. The highest BCUT2D eigenvalue weighted by Gasteiger charge is 2.17. The SMILES string of the molecule is CCCCCCCCCCCCC(NC(N)=O)C(=O)O.Cl. The number of aliphatic carboxylic acids is 1. The summed E-state index contributed by atoms with van der Waals surface area (Å²) in [5.41, 5.74) is 4.94. The van der Waals surface area contributed by atoms with Gasteiger partial charge >= 0.3 is 12.0 Å². The van der Waals surface area contributed by atoms with Crippen LogP contribution in [-0.2, 0) is 4.79 Å². The van der Waals surface area contributed by atoms with E-state index in [4.69, 9.17) is 10.8 Å². The van der Waals surface area contributed by atoms with Crippen LogP contribution in [0.3, 0.4) is 0 Å². The van der Waals surface area contributed by atoms with Crippen molar-refractivity contribution in [2.45, 2.75) is 83.6 Å². The minimum absolute atomic E-state index is 0. The van der Waals surface area contributed by atoms with Gasteiger partial charge in [0, 0.05) is 0 Å². The van der Waals surface area contributed by atoms with Crippen molar-refractivity contribution < 1.29 is 14.7 Å². The molecule has 0 heterocycles. The maximum absolute atomic E-state index is 10.9. The summed E-state index contributed by atoms with van der Waals surface area (Å²) in [7, 11) is 0. The molecule has 0 aromatic rings. The first-order chi connectivity index (χ1) is 9.57. The monoisotopic (exact) mass is 322 g/mol. The molecule has 0 aliphatic heterocycles. The zero-order valence-corrected chi connectivity index (χ0v) is 13.9. The first-order valence-electron chi connectivity index (χ1n) is 7.86. The van der Waals surface area contributed by atoms with Crippen molar-refractivity contribution in [2.24, 2.45) is 5.73 Å². The topological polar surface area (TPSA) is 92.4 Å². The quantitative estimate of drug-likeness (QED) is 0.450. The minimum atomic E-state index is -1.01. The van der Waals surface area contributed by atoms with Crippen LogP contribution in [-0.4, -0.2) is 23.1 Å². The van der Waals surface area contributed by atoms with Gasteiger partial charge in [-0.05, 0) is 6.42 Å². The third-order valence-corrected chi connectivity index (χ3v) is 3.46. The number of hydrogen-bond donors (Lipinski definition) is 3. The van der Waals surface area contributed by atoms with E-state index in [-0.39, 0.29) is 12.4 Å². The molecule has 0 fully saturated rings. The van der Waals surface area contributed by atoms with Gasteiger partial charge in [-0.1, -0.05) is 71.1 Å². The Balaban J connectivity index is 0. The van der Waals surface area contributed by atoms with E-state index in [1.807, 2.05) is 0 Å². The molecule has 0 saturated carbocycles. The van der Waals surface area contributed by atoms with Gasteiger partial charge in [0.15, 0.2) is 0 Å². The molecular formula is C15H31ClN2O3. The van der Waals surface area contributed by atoms with Crippen LogP contribution in [0.1, 0.15) is 77.6 Å². The van der Waals surface area contributed by atoms with Gasteiger partial charge in [-0.15, -0.1) is 12.4 Å². The van der Waals surface area contributed by atoms with E-state index in [1.54, 1.807) is 0 Å². The number of nitrogens with one attached hydrogen (secondary N) is 1. The van der Waals surface area contributed by atoms with Gasteiger partial charge in [-0.3, -0.25) is 0 Å².